The summed E-state index contributed by atoms with van der Waals surface area (Å²) in [6, 6.07) is 10.3. The van der Waals surface area contributed by atoms with Crippen molar-refractivity contribution in [2.45, 2.75) is 4.90 Å². The molecule has 2 N–H and O–H groups in total. The first kappa shape index (κ1) is 20.7. The van der Waals surface area contributed by atoms with Crippen LogP contribution in [0, 0.1) is 0 Å². The highest BCUT2D eigenvalue weighted by Gasteiger charge is 2.21. The van der Waals surface area contributed by atoms with Gasteiger partial charge in [0, 0.05) is 29.7 Å². The van der Waals surface area contributed by atoms with Crippen molar-refractivity contribution >= 4 is 51.8 Å². The average molecular weight is 446 g/mol. The average Bonchev–Trinajstić information content (AvgIpc) is 2.76. The maximum absolute atomic E-state index is 12.3. The molecule has 30 heavy (non-hydrogen) atoms. The Morgan fingerprint density at radius 2 is 2.10 bits per heavy atom. The van der Waals surface area contributed by atoms with E-state index in [2.05, 4.69) is 14.6 Å². The Bertz CT molecular complexity index is 1090. The van der Waals surface area contributed by atoms with E-state index in [1.54, 1.807) is 36.3 Å². The zero-order chi connectivity index (χ0) is 21.1. The Morgan fingerprint density at radius 3 is 2.87 bits per heavy atom. The van der Waals surface area contributed by atoms with Gasteiger partial charge < -0.3 is 19.9 Å². The summed E-state index contributed by atoms with van der Waals surface area (Å²) in [7, 11) is 1.28. The van der Waals surface area contributed by atoms with E-state index in [0.29, 0.717) is 23.9 Å². The lowest BCUT2D eigenvalue weighted by atomic mass is 10.1. The summed E-state index contributed by atoms with van der Waals surface area (Å²) in [4.78, 5) is 17.7. The highest BCUT2D eigenvalue weighted by atomic mass is 35.5. The number of anilines is 2. The molecule has 0 unspecified atom stereocenters. The summed E-state index contributed by atoms with van der Waals surface area (Å²) in [5.74, 6) is -0.792. The molecule has 0 amide bonds. The van der Waals surface area contributed by atoms with Gasteiger partial charge in [0.2, 0.25) is 0 Å². The number of aromatic nitrogens is 1. The molecular formula is C21H20ClN3O4S. The van der Waals surface area contributed by atoms with Crippen LogP contribution < -0.4 is 5.32 Å². The lowest BCUT2D eigenvalue weighted by molar-refractivity contribution is 0.0598. The highest BCUT2D eigenvalue weighted by Crippen LogP contribution is 2.39. The molecule has 1 aromatic heterocycles. The largest absolute Gasteiger partial charge is 0.507 e. The summed E-state index contributed by atoms with van der Waals surface area (Å²) in [6.07, 6.45) is 1.79. The molecule has 156 valence electrons. The molecule has 1 aliphatic rings. The minimum Gasteiger partial charge on any atom is -0.507 e. The van der Waals surface area contributed by atoms with E-state index in [9.17, 15) is 9.90 Å². The molecule has 1 saturated heterocycles. The summed E-state index contributed by atoms with van der Waals surface area (Å²) in [5.41, 5.74) is 2.00. The Balaban J connectivity index is 1.82. The maximum atomic E-state index is 12.3. The van der Waals surface area contributed by atoms with Crippen molar-refractivity contribution in [3.63, 3.8) is 0 Å². The van der Waals surface area contributed by atoms with Crippen LogP contribution in [0.15, 0.2) is 47.5 Å². The van der Waals surface area contributed by atoms with Gasteiger partial charge in [-0.3, -0.25) is 4.98 Å². The van der Waals surface area contributed by atoms with E-state index in [1.165, 1.54) is 13.2 Å². The number of esters is 1. The van der Waals surface area contributed by atoms with Gasteiger partial charge in [0.1, 0.15) is 11.3 Å². The summed E-state index contributed by atoms with van der Waals surface area (Å²) in [5, 5.41) is 15.0. The van der Waals surface area contributed by atoms with E-state index in [4.69, 9.17) is 21.1 Å². The second-order valence-electron chi connectivity index (χ2n) is 6.61. The SMILES string of the molecule is COC(=O)c1c(O)cccc1Nc1c(SN2CCOCC2)cnc2ccc(Cl)cc12. The molecule has 0 aliphatic carbocycles. The fraction of sp³-hybridized carbons (Fsp3) is 0.238. The standard InChI is InChI=1S/C21H20ClN3O4S/c1-28-21(27)19-16(3-2-4-17(19)26)24-20-14-11-13(22)5-6-15(14)23-12-18(20)30-25-7-9-29-10-8-25/h2-6,11-12,26H,7-10H2,1H3,(H,23,24). The minimum atomic E-state index is -0.630. The number of hydrogen-bond acceptors (Lipinski definition) is 8. The Kier molecular flexibility index (Phi) is 6.29. The molecule has 0 spiro atoms. The van der Waals surface area contributed by atoms with Gasteiger partial charge in [-0.2, -0.15) is 0 Å². The van der Waals surface area contributed by atoms with Gasteiger partial charge in [0.15, 0.2) is 0 Å². The van der Waals surface area contributed by atoms with E-state index in [1.807, 2.05) is 12.1 Å². The van der Waals surface area contributed by atoms with E-state index in [0.717, 1.165) is 34.6 Å². The lowest BCUT2D eigenvalue weighted by Gasteiger charge is -2.26. The molecule has 2 heterocycles. The number of hydrogen-bond donors (Lipinski definition) is 2. The van der Waals surface area contributed by atoms with Crippen LogP contribution in [-0.2, 0) is 9.47 Å². The van der Waals surface area contributed by atoms with E-state index < -0.39 is 5.97 Å². The molecule has 0 atom stereocenters. The van der Waals surface area contributed by atoms with Crippen molar-refractivity contribution in [3.8, 4) is 5.75 Å². The Hall–Kier alpha value is -2.52. The van der Waals surface area contributed by atoms with Gasteiger partial charge in [-0.05, 0) is 42.3 Å². The Morgan fingerprint density at radius 1 is 1.30 bits per heavy atom. The number of aromatic hydroxyl groups is 1. The van der Waals surface area contributed by atoms with Crippen LogP contribution in [0.25, 0.3) is 10.9 Å². The zero-order valence-corrected chi connectivity index (χ0v) is 17.8. The molecule has 4 rings (SSSR count). The van der Waals surface area contributed by atoms with Crippen molar-refractivity contribution in [2.75, 3.05) is 38.7 Å². The van der Waals surface area contributed by atoms with Crippen LogP contribution in [0.3, 0.4) is 0 Å². The lowest BCUT2D eigenvalue weighted by Crippen LogP contribution is -2.31. The molecule has 1 aliphatic heterocycles. The van der Waals surface area contributed by atoms with Gasteiger partial charge in [-0.1, -0.05) is 17.7 Å². The van der Waals surface area contributed by atoms with Crippen LogP contribution in [0.2, 0.25) is 5.02 Å². The number of pyridine rings is 1. The number of nitrogens with one attached hydrogen (secondary N) is 1. The monoisotopic (exact) mass is 445 g/mol. The normalized spacial score (nSPS) is 14.6. The molecule has 3 aromatic rings. The number of phenols is 1. The number of carbonyl (C=O) groups is 1. The number of methoxy groups -OCH3 is 1. The molecule has 0 saturated carbocycles. The molecule has 1 fully saturated rings. The predicted molar refractivity (Wildman–Crippen MR) is 118 cm³/mol. The molecular weight excluding hydrogens is 426 g/mol. The number of ether oxygens (including phenoxy) is 2. The quantitative estimate of drug-likeness (QED) is 0.440. The van der Waals surface area contributed by atoms with E-state index in [-0.39, 0.29) is 11.3 Å². The van der Waals surface area contributed by atoms with E-state index >= 15 is 0 Å². The van der Waals surface area contributed by atoms with Crippen molar-refractivity contribution in [1.82, 2.24) is 9.29 Å². The van der Waals surface area contributed by atoms with Gasteiger partial charge in [-0.25, -0.2) is 9.10 Å². The summed E-state index contributed by atoms with van der Waals surface area (Å²) < 4.78 is 12.5. The van der Waals surface area contributed by atoms with Crippen molar-refractivity contribution in [1.29, 1.82) is 0 Å². The first-order chi connectivity index (χ1) is 14.6. The van der Waals surface area contributed by atoms with Gasteiger partial charge in [0.05, 0.1) is 42.1 Å². The summed E-state index contributed by atoms with van der Waals surface area (Å²) in [6.45, 7) is 2.91. The predicted octanol–water partition coefficient (Wildman–Crippen LogP) is 4.46. The fourth-order valence-corrected chi connectivity index (χ4v) is 4.35. The van der Waals surface area contributed by atoms with Gasteiger partial charge in [0.25, 0.3) is 0 Å². The number of phenolic OH excluding ortho intramolecular Hbond substituents is 1. The van der Waals surface area contributed by atoms with Crippen LogP contribution in [0.5, 0.6) is 5.75 Å². The molecule has 9 heteroatoms. The van der Waals surface area contributed by atoms with Crippen LogP contribution in [-0.4, -0.2) is 53.8 Å². The highest BCUT2D eigenvalue weighted by molar-refractivity contribution is 7.97. The number of benzene rings is 2. The second kappa shape index (κ2) is 9.09. The number of fused-ring (bicyclic) bond motifs is 1. The van der Waals surface area contributed by atoms with Gasteiger partial charge >= 0.3 is 5.97 Å². The second-order valence-corrected chi connectivity index (χ2v) is 8.18. The first-order valence-electron chi connectivity index (χ1n) is 9.33. The topological polar surface area (TPSA) is 83.9 Å². The Labute approximate surface area is 183 Å². The number of nitrogens with zero attached hydrogens (tertiary/aromatic N) is 2. The van der Waals surface area contributed by atoms with Crippen molar-refractivity contribution in [2.24, 2.45) is 0 Å². The molecule has 2 aromatic carbocycles. The minimum absolute atomic E-state index is 0.0642. The van der Waals surface area contributed by atoms with Crippen LogP contribution >= 0.6 is 23.5 Å². The molecule has 0 bridgehead atoms. The third-order valence-electron chi connectivity index (χ3n) is 4.68. The zero-order valence-electron chi connectivity index (χ0n) is 16.2. The summed E-state index contributed by atoms with van der Waals surface area (Å²) >= 11 is 7.83. The van der Waals surface area contributed by atoms with Crippen molar-refractivity contribution < 1.29 is 19.4 Å². The van der Waals surface area contributed by atoms with Crippen LogP contribution in [0.4, 0.5) is 11.4 Å². The molecule has 0 radical (unpaired) electrons. The third kappa shape index (κ3) is 4.32. The third-order valence-corrected chi connectivity index (χ3v) is 6.05. The number of rotatable bonds is 5. The number of morpholine rings is 1. The van der Waals surface area contributed by atoms with Crippen molar-refractivity contribution in [3.05, 3.63) is 53.2 Å². The molecule has 7 nitrogen and oxygen atoms in total. The van der Waals surface area contributed by atoms with Gasteiger partial charge in [-0.15, -0.1) is 0 Å². The fourth-order valence-electron chi connectivity index (χ4n) is 3.22. The first-order valence-corrected chi connectivity index (χ1v) is 10.5. The van der Waals surface area contributed by atoms with Crippen LogP contribution in [0.1, 0.15) is 10.4 Å². The maximum Gasteiger partial charge on any atom is 0.343 e. The smallest absolute Gasteiger partial charge is 0.343 e. The number of carbonyl (C=O) groups excluding carboxylic acids is 1. The number of halogens is 1.